The Morgan fingerprint density at radius 1 is 0.413 bits per heavy atom. The SMILES string of the molecule is CCCCCCCCC/C=C\CCCCCC(=O)OC(COC(=O)CCCCCCCCCCCCC)COP(=O)(O)OC1C(OC2OC(CO)C(O)C(O)C2O)C(O)C(O)C(O)C1OC1OC(COC(=O)CCCCCCCCCCCCCC)C(O)C(O)C1O. The topological polar surface area (TPSA) is 374 Å². The van der Waals surface area contributed by atoms with Crippen LogP contribution in [-0.2, 0) is 61.2 Å². The number of ether oxygens (including phenoxy) is 7. The van der Waals surface area contributed by atoms with E-state index in [4.69, 9.17) is 42.2 Å². The number of unbranched alkanes of at least 4 members (excludes halogenated alkanes) is 31. The lowest BCUT2D eigenvalue weighted by molar-refractivity contribution is -0.360. The lowest BCUT2D eigenvalue weighted by Gasteiger charge is -2.49. The minimum Gasteiger partial charge on any atom is -0.463 e. The van der Waals surface area contributed by atoms with E-state index < -0.39 is 156 Å². The van der Waals surface area contributed by atoms with Gasteiger partial charge < -0.3 is 89.1 Å². The summed E-state index contributed by atoms with van der Waals surface area (Å²) in [5, 5.41) is 110. The number of rotatable bonds is 54. The van der Waals surface area contributed by atoms with E-state index in [0.717, 1.165) is 89.9 Å². The third-order valence-corrected chi connectivity index (χ3v) is 18.5. The molecule has 25 heteroatoms. The Balaban J connectivity index is 1.77. The van der Waals surface area contributed by atoms with Gasteiger partial charge in [-0.25, -0.2) is 4.57 Å². The van der Waals surface area contributed by atoms with E-state index >= 15 is 0 Å². The fourth-order valence-corrected chi connectivity index (χ4v) is 12.7. The van der Waals surface area contributed by atoms with Crippen LogP contribution in [0.2, 0.25) is 0 Å². The van der Waals surface area contributed by atoms with Crippen molar-refractivity contribution in [3.8, 4) is 0 Å². The van der Waals surface area contributed by atoms with Crippen LogP contribution in [0.3, 0.4) is 0 Å². The lowest BCUT2D eigenvalue weighted by atomic mass is 9.84. The summed E-state index contributed by atoms with van der Waals surface area (Å²) in [7, 11) is -5.69. The summed E-state index contributed by atoms with van der Waals surface area (Å²) < 4.78 is 64.8. The molecule has 540 valence electrons. The molecule has 0 bridgehead atoms. The maximum absolute atomic E-state index is 14.3. The van der Waals surface area contributed by atoms with Crippen LogP contribution < -0.4 is 0 Å². The van der Waals surface area contributed by atoms with Crippen LogP contribution in [0, 0.1) is 0 Å². The molecule has 3 fully saturated rings. The normalized spacial score (nSPS) is 28.7. The van der Waals surface area contributed by atoms with Crippen molar-refractivity contribution in [3.05, 3.63) is 12.2 Å². The van der Waals surface area contributed by atoms with Gasteiger partial charge in [0.2, 0.25) is 0 Å². The fraction of sp³-hybridized carbons (Fsp3) is 0.925. The Hall–Kier alpha value is -2.30. The van der Waals surface area contributed by atoms with Crippen molar-refractivity contribution in [1.82, 2.24) is 0 Å². The van der Waals surface area contributed by atoms with Gasteiger partial charge in [-0.3, -0.25) is 23.4 Å². The molecule has 2 aliphatic heterocycles. The smallest absolute Gasteiger partial charge is 0.463 e. The van der Waals surface area contributed by atoms with Gasteiger partial charge >= 0.3 is 25.7 Å². The number of allylic oxidation sites excluding steroid dienone is 2. The number of esters is 3. The van der Waals surface area contributed by atoms with Crippen LogP contribution in [0.5, 0.6) is 0 Å². The summed E-state index contributed by atoms with van der Waals surface area (Å²) in [4.78, 5) is 50.8. The number of aliphatic hydroxyl groups excluding tert-OH is 10. The Kier molecular flexibility index (Phi) is 45.7. The number of aliphatic hydroxyl groups is 10. The predicted molar refractivity (Wildman–Crippen MR) is 342 cm³/mol. The average Bonchev–Trinajstić information content (AvgIpc) is 0.817. The van der Waals surface area contributed by atoms with Gasteiger partial charge in [-0.1, -0.05) is 213 Å². The first-order valence-corrected chi connectivity index (χ1v) is 37.0. The van der Waals surface area contributed by atoms with E-state index in [9.17, 15) is 74.9 Å². The van der Waals surface area contributed by atoms with Gasteiger partial charge in [0.05, 0.1) is 13.2 Å². The maximum Gasteiger partial charge on any atom is 0.472 e. The number of phosphoric ester groups is 1. The fourth-order valence-electron chi connectivity index (χ4n) is 11.7. The van der Waals surface area contributed by atoms with E-state index in [0.29, 0.717) is 25.7 Å². The van der Waals surface area contributed by atoms with Crippen LogP contribution in [-0.4, -0.2) is 204 Å². The second-order valence-electron chi connectivity index (χ2n) is 25.6. The van der Waals surface area contributed by atoms with Crippen LogP contribution in [0.25, 0.3) is 0 Å². The molecule has 3 rings (SSSR count). The molecule has 0 spiro atoms. The van der Waals surface area contributed by atoms with E-state index in [1.165, 1.54) is 109 Å². The molecule has 0 aromatic rings. The third kappa shape index (κ3) is 33.8. The predicted octanol–water partition coefficient (Wildman–Crippen LogP) is 8.40. The van der Waals surface area contributed by atoms with Gasteiger partial charge in [0.15, 0.2) is 18.7 Å². The Labute approximate surface area is 548 Å². The van der Waals surface area contributed by atoms with Crippen molar-refractivity contribution in [1.29, 1.82) is 0 Å². The van der Waals surface area contributed by atoms with E-state index in [-0.39, 0.29) is 19.3 Å². The molecule has 3 aliphatic rings. The Morgan fingerprint density at radius 2 is 0.761 bits per heavy atom. The Morgan fingerprint density at radius 3 is 1.18 bits per heavy atom. The summed E-state index contributed by atoms with van der Waals surface area (Å²) in [5.74, 6) is -2.01. The standard InChI is InChI=1S/C67H123O24P/c1-4-7-10-13-16-19-22-24-25-28-31-34-37-40-43-53(71)86-48(45-83-51(69)41-38-35-32-29-26-21-18-15-12-9-6-3)46-85-92(81,82)91-65-63(89-66-61(79)56(74)54(72)49(44-68)87-66)59(77)58(76)60(78)64(65)90-67-62(80)57(75)55(73)50(88-67)47-84-52(70)42-39-36-33-30-27-23-20-17-14-11-8-5-2/h25,28,48-50,54-68,72-80H,4-24,26-27,29-47H2,1-3H3,(H,81,82)/b28-25-. The summed E-state index contributed by atoms with van der Waals surface area (Å²) in [6.45, 7) is 3.39. The molecule has 0 amide bonds. The van der Waals surface area contributed by atoms with Gasteiger partial charge in [-0.05, 0) is 44.9 Å². The van der Waals surface area contributed by atoms with E-state index in [1.54, 1.807) is 0 Å². The van der Waals surface area contributed by atoms with E-state index in [1.807, 2.05) is 0 Å². The summed E-state index contributed by atoms with van der Waals surface area (Å²) >= 11 is 0. The molecule has 0 radical (unpaired) electrons. The summed E-state index contributed by atoms with van der Waals surface area (Å²) in [6.07, 6.45) is 6.04. The minimum absolute atomic E-state index is 0.0312. The molecule has 1 aliphatic carbocycles. The second-order valence-corrected chi connectivity index (χ2v) is 27.0. The number of phosphoric acid groups is 1. The van der Waals surface area contributed by atoms with Gasteiger partial charge in [0.25, 0.3) is 0 Å². The van der Waals surface area contributed by atoms with Gasteiger partial charge in [-0.2, -0.15) is 0 Å². The van der Waals surface area contributed by atoms with Crippen LogP contribution in [0.1, 0.15) is 265 Å². The zero-order chi connectivity index (χ0) is 67.5. The van der Waals surface area contributed by atoms with Crippen molar-refractivity contribution in [2.75, 3.05) is 26.4 Å². The number of hydrogen-bond donors (Lipinski definition) is 11. The highest BCUT2D eigenvalue weighted by Crippen LogP contribution is 2.49. The molecule has 1 saturated carbocycles. The number of carbonyl (C=O) groups excluding carboxylic acids is 3. The van der Waals surface area contributed by atoms with Crippen LogP contribution in [0.15, 0.2) is 12.2 Å². The summed E-state index contributed by atoms with van der Waals surface area (Å²) in [6, 6.07) is 0. The van der Waals surface area contributed by atoms with Gasteiger partial charge in [0.1, 0.15) is 98.7 Å². The van der Waals surface area contributed by atoms with Gasteiger partial charge in [-0.15, -0.1) is 0 Å². The molecule has 11 N–H and O–H groups in total. The largest absolute Gasteiger partial charge is 0.472 e. The Bertz CT molecular complexity index is 1970. The molecule has 2 saturated heterocycles. The van der Waals surface area contributed by atoms with E-state index in [2.05, 4.69) is 32.9 Å². The highest BCUT2D eigenvalue weighted by molar-refractivity contribution is 7.47. The average molecular weight is 1340 g/mol. The monoisotopic (exact) mass is 1340 g/mol. The number of hydrogen-bond acceptors (Lipinski definition) is 23. The minimum atomic E-state index is -5.69. The zero-order valence-electron chi connectivity index (χ0n) is 55.8. The highest BCUT2D eigenvalue weighted by atomic mass is 31.2. The highest BCUT2D eigenvalue weighted by Gasteiger charge is 2.58. The second kappa shape index (κ2) is 50.1. The third-order valence-electron chi connectivity index (χ3n) is 17.5. The lowest BCUT2D eigenvalue weighted by Crippen LogP contribution is -2.69. The van der Waals surface area contributed by atoms with Crippen LogP contribution in [0.4, 0.5) is 0 Å². The van der Waals surface area contributed by atoms with Crippen molar-refractivity contribution in [2.45, 2.75) is 369 Å². The van der Waals surface area contributed by atoms with Crippen LogP contribution >= 0.6 is 7.82 Å². The summed E-state index contributed by atoms with van der Waals surface area (Å²) in [5.41, 5.74) is 0. The van der Waals surface area contributed by atoms with Crippen molar-refractivity contribution < 1.29 is 117 Å². The van der Waals surface area contributed by atoms with Crippen molar-refractivity contribution >= 4 is 25.7 Å². The first kappa shape index (κ1) is 83.9. The molecule has 24 nitrogen and oxygen atoms in total. The molecule has 92 heavy (non-hydrogen) atoms. The molecule has 2 heterocycles. The molecule has 18 unspecified atom stereocenters. The molecule has 0 aromatic carbocycles. The number of carbonyl (C=O) groups is 3. The molecular weight excluding hydrogens is 1220 g/mol. The molecule has 0 aromatic heterocycles. The first-order chi connectivity index (χ1) is 44.3. The van der Waals surface area contributed by atoms with Crippen molar-refractivity contribution in [3.63, 3.8) is 0 Å². The zero-order valence-corrected chi connectivity index (χ0v) is 56.7. The quantitative estimate of drug-likeness (QED) is 0.00894. The van der Waals surface area contributed by atoms with Gasteiger partial charge in [0, 0.05) is 19.3 Å². The molecule has 18 atom stereocenters. The van der Waals surface area contributed by atoms with Crippen molar-refractivity contribution in [2.24, 2.45) is 0 Å². The maximum atomic E-state index is 14.3. The molecular formula is C67H123O24P. The first-order valence-electron chi connectivity index (χ1n) is 35.5.